The summed E-state index contributed by atoms with van der Waals surface area (Å²) in [6.45, 7) is 3.34. The van der Waals surface area contributed by atoms with Crippen LogP contribution in [0.2, 0.25) is 0 Å². The van der Waals surface area contributed by atoms with Gasteiger partial charge in [0, 0.05) is 17.1 Å². The first-order chi connectivity index (χ1) is 14.7. The van der Waals surface area contributed by atoms with E-state index in [1.807, 2.05) is 0 Å². The van der Waals surface area contributed by atoms with Gasteiger partial charge in [-0.3, -0.25) is 9.62 Å². The third-order valence-electron chi connectivity index (χ3n) is 4.99. The van der Waals surface area contributed by atoms with Crippen molar-refractivity contribution in [3.8, 4) is 6.07 Å². The topological polar surface area (TPSA) is 96.7 Å². The van der Waals surface area contributed by atoms with Crippen LogP contribution >= 0.6 is 12.2 Å². The molecule has 0 bridgehead atoms. The number of aliphatic hydroxyl groups excluding tert-OH is 1. The standard InChI is InChI=1S/C20H19F3N4O3S2/c1-19(2)17(28)26(15-7-4-12(11-24)16(10-15)20(21,22)23)18(31)27(19)14-8-5-13(6-9-14)25-32(3,29)30/h4-10,17,25,28H,1-3H3. The third-order valence-corrected chi connectivity index (χ3v) is 5.97. The Morgan fingerprint density at radius 2 is 1.72 bits per heavy atom. The molecule has 0 aliphatic carbocycles. The van der Waals surface area contributed by atoms with Crippen LogP contribution in [0.3, 0.4) is 0 Å². The Bertz CT molecular complexity index is 1210. The van der Waals surface area contributed by atoms with E-state index >= 15 is 0 Å². The monoisotopic (exact) mass is 484 g/mol. The largest absolute Gasteiger partial charge is 0.417 e. The molecule has 3 rings (SSSR count). The van der Waals surface area contributed by atoms with Crippen molar-refractivity contribution in [1.29, 1.82) is 5.26 Å². The van der Waals surface area contributed by atoms with E-state index in [2.05, 4.69) is 4.72 Å². The number of thiocarbonyl (C=S) groups is 1. The van der Waals surface area contributed by atoms with Crippen molar-refractivity contribution >= 4 is 44.4 Å². The van der Waals surface area contributed by atoms with Gasteiger partial charge in [-0.05, 0) is 68.5 Å². The van der Waals surface area contributed by atoms with Gasteiger partial charge < -0.3 is 10.0 Å². The predicted molar refractivity (Wildman–Crippen MR) is 119 cm³/mol. The fourth-order valence-electron chi connectivity index (χ4n) is 3.49. The average molecular weight is 485 g/mol. The summed E-state index contributed by atoms with van der Waals surface area (Å²) >= 11 is 5.50. The van der Waals surface area contributed by atoms with E-state index in [9.17, 15) is 26.7 Å². The number of nitrogens with one attached hydrogen (secondary N) is 1. The Hall–Kier alpha value is -2.88. The number of aliphatic hydroxyl groups is 1. The molecule has 1 saturated heterocycles. The first kappa shape index (κ1) is 23.8. The smallest absolute Gasteiger partial charge is 0.371 e. The molecule has 0 radical (unpaired) electrons. The molecule has 170 valence electrons. The van der Waals surface area contributed by atoms with Gasteiger partial charge in [-0.15, -0.1) is 0 Å². The Morgan fingerprint density at radius 1 is 1.16 bits per heavy atom. The van der Waals surface area contributed by atoms with Gasteiger partial charge in [-0.25, -0.2) is 8.42 Å². The first-order valence-electron chi connectivity index (χ1n) is 9.17. The highest BCUT2D eigenvalue weighted by Crippen LogP contribution is 2.41. The Balaban J connectivity index is 2.02. The van der Waals surface area contributed by atoms with E-state index in [1.165, 1.54) is 29.2 Å². The molecular weight excluding hydrogens is 465 g/mol. The molecule has 0 saturated carbocycles. The summed E-state index contributed by atoms with van der Waals surface area (Å²) in [7, 11) is -3.47. The summed E-state index contributed by atoms with van der Waals surface area (Å²) in [6.07, 6.45) is -5.05. The highest BCUT2D eigenvalue weighted by atomic mass is 32.2. The molecule has 1 aliphatic heterocycles. The molecule has 1 fully saturated rings. The third kappa shape index (κ3) is 4.36. The van der Waals surface area contributed by atoms with Crippen molar-refractivity contribution in [2.75, 3.05) is 20.8 Å². The van der Waals surface area contributed by atoms with Crippen LogP contribution in [-0.4, -0.2) is 36.7 Å². The molecule has 1 unspecified atom stereocenters. The number of benzene rings is 2. The Morgan fingerprint density at radius 3 is 2.22 bits per heavy atom. The van der Waals surface area contributed by atoms with E-state index in [-0.39, 0.29) is 10.8 Å². The lowest BCUT2D eigenvalue weighted by Gasteiger charge is -2.33. The number of alkyl halides is 3. The predicted octanol–water partition coefficient (Wildman–Crippen LogP) is 3.66. The lowest BCUT2D eigenvalue weighted by molar-refractivity contribution is -0.137. The van der Waals surface area contributed by atoms with Crippen LogP contribution < -0.4 is 14.5 Å². The number of rotatable bonds is 4. The number of hydrogen-bond donors (Lipinski definition) is 2. The zero-order valence-corrected chi connectivity index (χ0v) is 18.8. The van der Waals surface area contributed by atoms with E-state index < -0.39 is 39.1 Å². The molecule has 2 N–H and O–H groups in total. The molecule has 0 amide bonds. The normalized spacial score (nSPS) is 18.6. The second-order valence-corrected chi connectivity index (χ2v) is 9.89. The van der Waals surface area contributed by atoms with Crippen LogP contribution in [0.1, 0.15) is 25.0 Å². The van der Waals surface area contributed by atoms with Gasteiger partial charge in [0.25, 0.3) is 0 Å². The minimum absolute atomic E-state index is 0.0141. The van der Waals surface area contributed by atoms with Crippen LogP contribution in [0.25, 0.3) is 0 Å². The van der Waals surface area contributed by atoms with E-state index in [0.717, 1.165) is 18.4 Å². The number of sulfonamides is 1. The zero-order valence-electron chi connectivity index (χ0n) is 17.2. The lowest BCUT2D eigenvalue weighted by Crippen LogP contribution is -2.47. The van der Waals surface area contributed by atoms with Gasteiger partial charge in [0.2, 0.25) is 10.0 Å². The molecule has 32 heavy (non-hydrogen) atoms. The van der Waals surface area contributed by atoms with Crippen molar-refractivity contribution in [2.45, 2.75) is 31.8 Å². The average Bonchev–Trinajstić information content (AvgIpc) is 2.84. The Labute approximate surface area is 188 Å². The fourth-order valence-corrected chi connectivity index (χ4v) is 4.60. The van der Waals surface area contributed by atoms with Crippen molar-refractivity contribution in [3.05, 3.63) is 53.6 Å². The highest BCUT2D eigenvalue weighted by molar-refractivity contribution is 7.92. The van der Waals surface area contributed by atoms with Gasteiger partial charge in [0.15, 0.2) is 11.3 Å². The van der Waals surface area contributed by atoms with Crippen LogP contribution in [0.5, 0.6) is 0 Å². The molecule has 1 aliphatic rings. The van der Waals surface area contributed by atoms with Crippen LogP contribution in [0, 0.1) is 11.3 Å². The van der Waals surface area contributed by atoms with Crippen molar-refractivity contribution < 1.29 is 26.7 Å². The van der Waals surface area contributed by atoms with Gasteiger partial charge in [-0.2, -0.15) is 18.4 Å². The zero-order chi connectivity index (χ0) is 24.1. The van der Waals surface area contributed by atoms with E-state index in [1.54, 1.807) is 30.9 Å². The highest BCUT2D eigenvalue weighted by Gasteiger charge is 2.50. The van der Waals surface area contributed by atoms with Gasteiger partial charge in [0.05, 0.1) is 29.0 Å². The summed E-state index contributed by atoms with van der Waals surface area (Å²) in [4.78, 5) is 2.76. The molecule has 2 aromatic carbocycles. The fraction of sp³-hybridized carbons (Fsp3) is 0.300. The molecular formula is C20H19F3N4O3S2. The van der Waals surface area contributed by atoms with E-state index in [4.69, 9.17) is 17.5 Å². The number of halogens is 3. The summed E-state index contributed by atoms with van der Waals surface area (Å²) < 4.78 is 65.4. The SMILES string of the molecule is CC1(C)C(O)N(c2ccc(C#N)c(C(F)(F)F)c2)C(=S)N1c1ccc(NS(C)(=O)=O)cc1. The second-order valence-electron chi connectivity index (χ2n) is 7.78. The number of anilines is 3. The second kappa shape index (κ2) is 7.91. The Kier molecular flexibility index (Phi) is 5.88. The van der Waals surface area contributed by atoms with Gasteiger partial charge >= 0.3 is 6.18 Å². The van der Waals surface area contributed by atoms with Gasteiger partial charge in [-0.1, -0.05) is 0 Å². The molecule has 2 aromatic rings. The van der Waals surface area contributed by atoms with Gasteiger partial charge in [0.1, 0.15) is 0 Å². The molecule has 1 heterocycles. The van der Waals surface area contributed by atoms with Crippen molar-refractivity contribution in [1.82, 2.24) is 0 Å². The number of nitriles is 1. The molecule has 12 heteroatoms. The minimum Gasteiger partial charge on any atom is -0.371 e. The van der Waals surface area contributed by atoms with Crippen molar-refractivity contribution in [3.63, 3.8) is 0 Å². The summed E-state index contributed by atoms with van der Waals surface area (Å²) in [5, 5.41) is 20.0. The molecule has 1 atom stereocenters. The summed E-state index contributed by atoms with van der Waals surface area (Å²) in [5.41, 5.74) is -1.90. The van der Waals surface area contributed by atoms with Crippen LogP contribution in [-0.2, 0) is 16.2 Å². The summed E-state index contributed by atoms with van der Waals surface area (Å²) in [5.74, 6) is 0. The first-order valence-corrected chi connectivity index (χ1v) is 11.5. The van der Waals surface area contributed by atoms with Crippen LogP contribution in [0.15, 0.2) is 42.5 Å². The number of nitrogens with zero attached hydrogens (tertiary/aromatic N) is 3. The van der Waals surface area contributed by atoms with Crippen LogP contribution in [0.4, 0.5) is 30.2 Å². The molecule has 7 nitrogen and oxygen atoms in total. The lowest BCUT2D eigenvalue weighted by atomic mass is 10.0. The molecule has 0 aromatic heterocycles. The number of hydrogen-bond acceptors (Lipinski definition) is 5. The maximum atomic E-state index is 13.4. The maximum Gasteiger partial charge on any atom is 0.417 e. The quantitative estimate of drug-likeness (QED) is 0.640. The summed E-state index contributed by atoms with van der Waals surface area (Å²) in [6, 6.07) is 10.8. The minimum atomic E-state index is -4.76. The van der Waals surface area contributed by atoms with E-state index in [0.29, 0.717) is 11.4 Å². The maximum absolute atomic E-state index is 13.4. The van der Waals surface area contributed by atoms with Crippen molar-refractivity contribution in [2.24, 2.45) is 0 Å². The molecule has 0 spiro atoms.